The molecular formula is C13H23NO2. The number of nitrogens with zero attached hydrogens (tertiary/aromatic N) is 1. The molecule has 3 nitrogen and oxygen atoms in total. The highest BCUT2D eigenvalue weighted by atomic mass is 16.5. The van der Waals surface area contributed by atoms with Gasteiger partial charge < -0.3 is 9.64 Å². The molecule has 0 radical (unpaired) electrons. The van der Waals surface area contributed by atoms with Gasteiger partial charge in [0.25, 0.3) is 0 Å². The van der Waals surface area contributed by atoms with Crippen LogP contribution >= 0.6 is 0 Å². The summed E-state index contributed by atoms with van der Waals surface area (Å²) in [7, 11) is 0. The second-order valence-electron chi connectivity index (χ2n) is 4.98. The lowest BCUT2D eigenvalue weighted by atomic mass is 9.94. The Balaban J connectivity index is 1.95. The van der Waals surface area contributed by atoms with E-state index in [4.69, 9.17) is 4.74 Å². The van der Waals surface area contributed by atoms with E-state index in [0.29, 0.717) is 11.9 Å². The molecular weight excluding hydrogens is 202 g/mol. The Kier molecular flexibility index (Phi) is 4.22. The summed E-state index contributed by atoms with van der Waals surface area (Å²) in [6, 6.07) is 0.504. The summed E-state index contributed by atoms with van der Waals surface area (Å²) in [5.74, 6) is 0.635. The number of ether oxygens (including phenoxy) is 1. The van der Waals surface area contributed by atoms with Crippen LogP contribution in [0.25, 0.3) is 0 Å². The van der Waals surface area contributed by atoms with Gasteiger partial charge in [0.2, 0.25) is 5.91 Å². The molecule has 2 fully saturated rings. The standard InChI is InChI=1S/C13H23NO2/c1-2-12-5-3-4-8-14(12)13(15)11-6-9-16-10-7-11/h11-12H,2-10H2,1H3/t12-/m1/s1. The smallest absolute Gasteiger partial charge is 0.226 e. The number of likely N-dealkylation sites (tertiary alicyclic amines) is 1. The number of rotatable bonds is 2. The van der Waals surface area contributed by atoms with E-state index < -0.39 is 0 Å². The zero-order valence-corrected chi connectivity index (χ0v) is 10.3. The summed E-state index contributed by atoms with van der Waals surface area (Å²) in [6.07, 6.45) is 6.62. The monoisotopic (exact) mass is 225 g/mol. The largest absolute Gasteiger partial charge is 0.381 e. The number of carbonyl (C=O) groups excluding carboxylic acids is 1. The molecule has 92 valence electrons. The Morgan fingerprint density at radius 3 is 2.69 bits per heavy atom. The zero-order valence-electron chi connectivity index (χ0n) is 10.3. The van der Waals surface area contributed by atoms with Crippen LogP contribution in [0.2, 0.25) is 0 Å². The molecule has 2 aliphatic rings. The Bertz CT molecular complexity index is 236. The second kappa shape index (κ2) is 5.67. The predicted octanol–water partition coefficient (Wildman–Crippen LogP) is 2.20. The van der Waals surface area contributed by atoms with Crippen LogP contribution < -0.4 is 0 Å². The summed E-state index contributed by atoms with van der Waals surface area (Å²) in [4.78, 5) is 14.5. The van der Waals surface area contributed by atoms with E-state index in [-0.39, 0.29) is 5.92 Å². The molecule has 1 amide bonds. The molecule has 2 heterocycles. The van der Waals surface area contributed by atoms with Crippen molar-refractivity contribution < 1.29 is 9.53 Å². The van der Waals surface area contributed by atoms with Crippen molar-refractivity contribution in [2.24, 2.45) is 5.92 Å². The van der Waals surface area contributed by atoms with Gasteiger partial charge in [-0.3, -0.25) is 4.79 Å². The third-order valence-corrected chi connectivity index (χ3v) is 3.95. The van der Waals surface area contributed by atoms with Gasteiger partial charge in [-0.2, -0.15) is 0 Å². The maximum Gasteiger partial charge on any atom is 0.226 e. The van der Waals surface area contributed by atoms with Crippen LogP contribution in [0.4, 0.5) is 0 Å². The molecule has 16 heavy (non-hydrogen) atoms. The maximum atomic E-state index is 12.4. The minimum Gasteiger partial charge on any atom is -0.381 e. The van der Waals surface area contributed by atoms with Crippen molar-refractivity contribution in [2.45, 2.75) is 51.5 Å². The minimum atomic E-state index is 0.237. The summed E-state index contributed by atoms with van der Waals surface area (Å²) < 4.78 is 5.32. The van der Waals surface area contributed by atoms with E-state index >= 15 is 0 Å². The van der Waals surface area contributed by atoms with Gasteiger partial charge in [-0.05, 0) is 38.5 Å². The van der Waals surface area contributed by atoms with Crippen LogP contribution in [0.3, 0.4) is 0 Å². The van der Waals surface area contributed by atoms with E-state index in [0.717, 1.165) is 39.0 Å². The molecule has 0 aromatic heterocycles. The Morgan fingerprint density at radius 1 is 1.25 bits per heavy atom. The molecule has 2 aliphatic heterocycles. The first-order valence-corrected chi connectivity index (χ1v) is 6.71. The molecule has 0 saturated carbocycles. The molecule has 0 aliphatic carbocycles. The third-order valence-electron chi connectivity index (χ3n) is 3.95. The van der Waals surface area contributed by atoms with Crippen molar-refractivity contribution in [1.82, 2.24) is 4.90 Å². The SMILES string of the molecule is CC[C@@H]1CCCCN1C(=O)C1CCOCC1. The molecule has 0 N–H and O–H groups in total. The van der Waals surface area contributed by atoms with Gasteiger partial charge in [-0.15, -0.1) is 0 Å². The van der Waals surface area contributed by atoms with E-state index in [1.807, 2.05) is 0 Å². The van der Waals surface area contributed by atoms with E-state index in [1.54, 1.807) is 0 Å². The summed E-state index contributed by atoms with van der Waals surface area (Å²) in [6.45, 7) is 4.71. The van der Waals surface area contributed by atoms with Gasteiger partial charge in [0, 0.05) is 31.7 Å². The lowest BCUT2D eigenvalue weighted by Gasteiger charge is -2.38. The average Bonchev–Trinajstić information content (AvgIpc) is 2.39. The van der Waals surface area contributed by atoms with Crippen molar-refractivity contribution in [2.75, 3.05) is 19.8 Å². The predicted molar refractivity (Wildman–Crippen MR) is 63.2 cm³/mol. The fourth-order valence-corrected chi connectivity index (χ4v) is 2.89. The second-order valence-corrected chi connectivity index (χ2v) is 4.98. The molecule has 1 atom stereocenters. The Labute approximate surface area is 98.1 Å². The lowest BCUT2D eigenvalue weighted by Crippen LogP contribution is -2.47. The summed E-state index contributed by atoms with van der Waals surface area (Å²) in [5.41, 5.74) is 0. The van der Waals surface area contributed by atoms with Crippen LogP contribution in [0.1, 0.15) is 45.4 Å². The van der Waals surface area contributed by atoms with Gasteiger partial charge in [0.05, 0.1) is 0 Å². The lowest BCUT2D eigenvalue weighted by molar-refractivity contribution is -0.142. The number of hydrogen-bond donors (Lipinski definition) is 0. The molecule has 0 unspecified atom stereocenters. The van der Waals surface area contributed by atoms with Crippen molar-refractivity contribution in [3.8, 4) is 0 Å². The summed E-state index contributed by atoms with van der Waals surface area (Å²) >= 11 is 0. The van der Waals surface area contributed by atoms with Crippen LogP contribution in [-0.2, 0) is 9.53 Å². The van der Waals surface area contributed by atoms with E-state index in [1.165, 1.54) is 19.3 Å². The molecule has 0 aromatic carbocycles. The first-order chi connectivity index (χ1) is 7.83. The van der Waals surface area contributed by atoms with Crippen LogP contribution in [0.15, 0.2) is 0 Å². The molecule has 2 saturated heterocycles. The van der Waals surface area contributed by atoms with Crippen molar-refractivity contribution >= 4 is 5.91 Å². The number of carbonyl (C=O) groups is 1. The van der Waals surface area contributed by atoms with Crippen LogP contribution in [0, 0.1) is 5.92 Å². The minimum absolute atomic E-state index is 0.237. The molecule has 2 rings (SSSR count). The Hall–Kier alpha value is -0.570. The van der Waals surface area contributed by atoms with Gasteiger partial charge >= 0.3 is 0 Å². The third kappa shape index (κ3) is 2.57. The van der Waals surface area contributed by atoms with E-state index in [2.05, 4.69) is 11.8 Å². The fraction of sp³-hybridized carbons (Fsp3) is 0.923. The first kappa shape index (κ1) is 11.9. The molecule has 3 heteroatoms. The highest BCUT2D eigenvalue weighted by Crippen LogP contribution is 2.25. The highest BCUT2D eigenvalue weighted by Gasteiger charge is 2.31. The molecule has 0 spiro atoms. The summed E-state index contributed by atoms with van der Waals surface area (Å²) in [5, 5.41) is 0. The zero-order chi connectivity index (χ0) is 11.4. The quantitative estimate of drug-likeness (QED) is 0.721. The topological polar surface area (TPSA) is 29.5 Å². The first-order valence-electron chi connectivity index (χ1n) is 6.71. The number of piperidine rings is 1. The van der Waals surface area contributed by atoms with Gasteiger partial charge in [-0.25, -0.2) is 0 Å². The van der Waals surface area contributed by atoms with Crippen LogP contribution in [-0.4, -0.2) is 36.6 Å². The van der Waals surface area contributed by atoms with Crippen molar-refractivity contribution in [3.05, 3.63) is 0 Å². The van der Waals surface area contributed by atoms with Crippen molar-refractivity contribution in [1.29, 1.82) is 0 Å². The van der Waals surface area contributed by atoms with Crippen LogP contribution in [0.5, 0.6) is 0 Å². The molecule has 0 bridgehead atoms. The number of amides is 1. The van der Waals surface area contributed by atoms with Gasteiger partial charge in [-0.1, -0.05) is 6.92 Å². The van der Waals surface area contributed by atoms with Gasteiger partial charge in [0.1, 0.15) is 0 Å². The van der Waals surface area contributed by atoms with E-state index in [9.17, 15) is 4.79 Å². The Morgan fingerprint density at radius 2 is 2.00 bits per heavy atom. The fourth-order valence-electron chi connectivity index (χ4n) is 2.89. The number of hydrogen-bond acceptors (Lipinski definition) is 2. The molecule has 0 aromatic rings. The maximum absolute atomic E-state index is 12.4. The van der Waals surface area contributed by atoms with Crippen molar-refractivity contribution in [3.63, 3.8) is 0 Å². The average molecular weight is 225 g/mol. The highest BCUT2D eigenvalue weighted by molar-refractivity contribution is 5.79. The van der Waals surface area contributed by atoms with Gasteiger partial charge in [0.15, 0.2) is 0 Å². The normalized spacial score (nSPS) is 28.1.